The minimum absolute atomic E-state index is 0.0105. The summed E-state index contributed by atoms with van der Waals surface area (Å²) >= 11 is 5.65. The zero-order chi connectivity index (χ0) is 21.4. The molecule has 3 aliphatic rings. The van der Waals surface area contributed by atoms with Crippen molar-refractivity contribution in [1.82, 2.24) is 21.1 Å². The number of halogens is 2. The van der Waals surface area contributed by atoms with Crippen LogP contribution in [-0.2, 0) is 9.59 Å². The van der Waals surface area contributed by atoms with Crippen LogP contribution in [0.1, 0.15) is 26.2 Å². The number of hydrogen-bond donors (Lipinski definition) is 3. The quantitative estimate of drug-likeness (QED) is 0.630. The summed E-state index contributed by atoms with van der Waals surface area (Å²) in [5.41, 5.74) is 3.20. The molecule has 4 rings (SSSR count). The topological polar surface area (TPSA) is 82.7 Å². The van der Waals surface area contributed by atoms with Gasteiger partial charge in [-0.1, -0.05) is 11.6 Å². The SMILES string of the molecule is CC1C(C(=O)NC2C[C@H](NC(=O)COc3ccc(Cl)c(F)c3)C3CCC23)CNN1C. The van der Waals surface area contributed by atoms with Crippen molar-refractivity contribution in [3.05, 3.63) is 29.0 Å². The summed E-state index contributed by atoms with van der Waals surface area (Å²) in [7, 11) is 1.95. The molecule has 2 amide bonds. The van der Waals surface area contributed by atoms with Gasteiger partial charge in [-0.2, -0.15) is 0 Å². The fourth-order valence-electron chi connectivity index (χ4n) is 4.90. The minimum atomic E-state index is -0.584. The van der Waals surface area contributed by atoms with Crippen molar-refractivity contribution in [2.75, 3.05) is 20.2 Å². The Morgan fingerprint density at radius 2 is 1.97 bits per heavy atom. The molecule has 1 saturated heterocycles. The number of hydrazine groups is 1. The predicted molar refractivity (Wildman–Crippen MR) is 110 cm³/mol. The van der Waals surface area contributed by atoms with Gasteiger partial charge in [0.15, 0.2) is 6.61 Å². The minimum Gasteiger partial charge on any atom is -0.484 e. The number of hydrogen-bond acceptors (Lipinski definition) is 5. The lowest BCUT2D eigenvalue weighted by Crippen LogP contribution is -2.46. The van der Waals surface area contributed by atoms with Gasteiger partial charge in [-0.3, -0.25) is 15.0 Å². The maximum absolute atomic E-state index is 13.5. The number of amides is 2. The average molecular weight is 439 g/mol. The Labute approximate surface area is 180 Å². The molecule has 1 aromatic carbocycles. The standard InChI is InChI=1S/C21H28ClFN4O3/c1-11-15(9-24-27(11)2)21(29)26-19-8-18(13-4-5-14(13)19)25-20(28)10-30-12-3-6-16(22)17(23)7-12/h3,6-7,11,13-15,18-19,24H,4-5,8-10H2,1-2H3,(H,25,28)(H,26,29)/t11?,13?,14?,15?,18-,19?/m0/s1. The lowest BCUT2D eigenvalue weighted by atomic mass is 9.73. The molecule has 0 aromatic heterocycles. The Morgan fingerprint density at radius 3 is 2.57 bits per heavy atom. The molecule has 0 radical (unpaired) electrons. The smallest absolute Gasteiger partial charge is 0.258 e. The van der Waals surface area contributed by atoms with E-state index in [0.717, 1.165) is 25.3 Å². The number of benzene rings is 1. The predicted octanol–water partition coefficient (Wildman–Crippen LogP) is 1.71. The maximum atomic E-state index is 13.5. The van der Waals surface area contributed by atoms with E-state index >= 15 is 0 Å². The molecule has 2 aliphatic carbocycles. The van der Waals surface area contributed by atoms with Crippen LogP contribution in [0.25, 0.3) is 0 Å². The van der Waals surface area contributed by atoms with Gasteiger partial charge in [0.25, 0.3) is 5.91 Å². The summed E-state index contributed by atoms with van der Waals surface area (Å²) in [6.07, 6.45) is 2.85. The van der Waals surface area contributed by atoms with E-state index in [1.165, 1.54) is 12.1 Å². The Kier molecular flexibility index (Phi) is 6.18. The van der Waals surface area contributed by atoms with Crippen LogP contribution in [0.5, 0.6) is 5.75 Å². The number of nitrogens with one attached hydrogen (secondary N) is 3. The third kappa shape index (κ3) is 4.26. The molecule has 2 saturated carbocycles. The van der Waals surface area contributed by atoms with Gasteiger partial charge in [0.2, 0.25) is 5.91 Å². The first-order valence-electron chi connectivity index (χ1n) is 10.5. The lowest BCUT2D eigenvalue weighted by Gasteiger charge is -2.36. The second-order valence-corrected chi connectivity index (χ2v) is 9.02. The second kappa shape index (κ2) is 8.69. The van der Waals surface area contributed by atoms with Crippen LogP contribution in [-0.4, -0.2) is 55.1 Å². The van der Waals surface area contributed by atoms with Crippen LogP contribution in [0, 0.1) is 23.6 Å². The van der Waals surface area contributed by atoms with Crippen LogP contribution in [0.15, 0.2) is 18.2 Å². The van der Waals surface area contributed by atoms with E-state index in [2.05, 4.69) is 16.1 Å². The van der Waals surface area contributed by atoms with Crippen molar-refractivity contribution in [1.29, 1.82) is 0 Å². The third-order valence-electron chi connectivity index (χ3n) is 6.95. The normalized spacial score (nSPS) is 32.9. The van der Waals surface area contributed by atoms with Gasteiger partial charge in [-0.05, 0) is 50.2 Å². The number of carbonyl (C=O) groups is 2. The Balaban J connectivity index is 1.27. The highest BCUT2D eigenvalue weighted by molar-refractivity contribution is 6.30. The molecule has 1 heterocycles. The Morgan fingerprint density at radius 1 is 1.27 bits per heavy atom. The molecule has 164 valence electrons. The van der Waals surface area contributed by atoms with Crippen molar-refractivity contribution < 1.29 is 18.7 Å². The number of carbonyl (C=O) groups excluding carboxylic acids is 2. The van der Waals surface area contributed by atoms with Crippen LogP contribution < -0.4 is 20.8 Å². The molecule has 3 fully saturated rings. The molecular weight excluding hydrogens is 411 g/mol. The second-order valence-electron chi connectivity index (χ2n) is 8.61. The van der Waals surface area contributed by atoms with Crippen LogP contribution in [0.4, 0.5) is 4.39 Å². The number of fused-ring (bicyclic) bond motifs is 1. The number of nitrogens with zero attached hydrogens (tertiary/aromatic N) is 1. The largest absolute Gasteiger partial charge is 0.484 e. The van der Waals surface area contributed by atoms with Crippen LogP contribution in [0.2, 0.25) is 5.02 Å². The van der Waals surface area contributed by atoms with Gasteiger partial charge in [-0.25, -0.2) is 9.40 Å². The molecule has 6 atom stereocenters. The van der Waals surface area contributed by atoms with Crippen LogP contribution in [0.3, 0.4) is 0 Å². The molecule has 7 nitrogen and oxygen atoms in total. The van der Waals surface area contributed by atoms with E-state index in [-0.39, 0.29) is 53.2 Å². The zero-order valence-corrected chi connectivity index (χ0v) is 17.9. The van der Waals surface area contributed by atoms with E-state index in [9.17, 15) is 14.0 Å². The van der Waals surface area contributed by atoms with Gasteiger partial charge < -0.3 is 15.4 Å². The van der Waals surface area contributed by atoms with E-state index in [0.29, 0.717) is 18.4 Å². The summed E-state index contributed by atoms with van der Waals surface area (Å²) in [5, 5.41) is 8.26. The monoisotopic (exact) mass is 438 g/mol. The molecule has 30 heavy (non-hydrogen) atoms. The van der Waals surface area contributed by atoms with Gasteiger partial charge in [0.05, 0.1) is 10.9 Å². The summed E-state index contributed by atoms with van der Waals surface area (Å²) in [6.45, 7) is 2.50. The van der Waals surface area contributed by atoms with Crippen LogP contribution >= 0.6 is 11.6 Å². The molecule has 0 bridgehead atoms. The summed E-state index contributed by atoms with van der Waals surface area (Å²) < 4.78 is 18.9. The van der Waals surface area contributed by atoms with Crippen molar-refractivity contribution >= 4 is 23.4 Å². The highest BCUT2D eigenvalue weighted by atomic mass is 35.5. The van der Waals surface area contributed by atoms with Crippen molar-refractivity contribution in [2.24, 2.45) is 17.8 Å². The summed E-state index contributed by atoms with van der Waals surface area (Å²) in [6, 6.07) is 4.34. The zero-order valence-electron chi connectivity index (χ0n) is 17.2. The fourth-order valence-corrected chi connectivity index (χ4v) is 5.02. The average Bonchev–Trinajstić information content (AvgIpc) is 3.11. The number of ether oxygens (including phenoxy) is 1. The first-order chi connectivity index (χ1) is 14.3. The first kappa shape index (κ1) is 21.3. The fraction of sp³-hybridized carbons (Fsp3) is 0.619. The molecule has 9 heteroatoms. The van der Waals surface area contributed by atoms with Crippen molar-refractivity contribution in [2.45, 2.75) is 44.3 Å². The third-order valence-corrected chi connectivity index (χ3v) is 7.26. The van der Waals surface area contributed by atoms with Crippen molar-refractivity contribution in [3.63, 3.8) is 0 Å². The Bertz CT molecular complexity index is 825. The molecule has 5 unspecified atom stereocenters. The molecule has 0 spiro atoms. The van der Waals surface area contributed by atoms with Gasteiger partial charge in [0, 0.05) is 37.8 Å². The van der Waals surface area contributed by atoms with E-state index in [1.807, 2.05) is 19.0 Å². The number of rotatable bonds is 6. The van der Waals surface area contributed by atoms with Crippen molar-refractivity contribution in [3.8, 4) is 5.75 Å². The first-order valence-corrected chi connectivity index (χ1v) is 10.8. The van der Waals surface area contributed by atoms with E-state index in [4.69, 9.17) is 16.3 Å². The lowest BCUT2D eigenvalue weighted by molar-refractivity contribution is -0.126. The maximum Gasteiger partial charge on any atom is 0.258 e. The van der Waals surface area contributed by atoms with E-state index in [1.54, 1.807) is 0 Å². The highest BCUT2D eigenvalue weighted by Gasteiger charge is 2.50. The molecule has 1 aliphatic heterocycles. The van der Waals surface area contributed by atoms with E-state index < -0.39 is 5.82 Å². The van der Waals surface area contributed by atoms with Gasteiger partial charge in [-0.15, -0.1) is 0 Å². The highest BCUT2D eigenvalue weighted by Crippen LogP contribution is 2.47. The summed E-state index contributed by atoms with van der Waals surface area (Å²) in [4.78, 5) is 25.1. The van der Waals surface area contributed by atoms with Gasteiger partial charge >= 0.3 is 0 Å². The molecule has 1 aromatic rings. The molecular formula is C21H28ClFN4O3. The molecule has 3 N–H and O–H groups in total. The Hall–Kier alpha value is -1.90. The van der Waals surface area contributed by atoms with Gasteiger partial charge in [0.1, 0.15) is 11.6 Å². The summed E-state index contributed by atoms with van der Waals surface area (Å²) in [5.74, 6) is 0.226.